The molecule has 8 heteroatoms. The molecule has 0 bridgehead atoms. The minimum absolute atomic E-state index is 0.0948. The van der Waals surface area contributed by atoms with Crippen LogP contribution in [0.25, 0.3) is 0 Å². The second-order valence-electron chi connectivity index (χ2n) is 8.08. The zero-order chi connectivity index (χ0) is 20.3. The van der Waals surface area contributed by atoms with Crippen LogP contribution >= 0.6 is 0 Å². The smallest absolute Gasteiger partial charge is 0.243 e. The van der Waals surface area contributed by atoms with E-state index in [4.69, 9.17) is 9.47 Å². The lowest BCUT2D eigenvalue weighted by Gasteiger charge is -2.34. The normalized spacial score (nSPS) is 22.4. The number of carbonyl (C=O) groups is 1. The van der Waals surface area contributed by atoms with Gasteiger partial charge in [-0.25, -0.2) is 8.42 Å². The third-order valence-corrected chi connectivity index (χ3v) is 8.09. The quantitative estimate of drug-likeness (QED) is 0.701. The zero-order valence-corrected chi connectivity index (χ0v) is 17.6. The Labute approximate surface area is 173 Å². The van der Waals surface area contributed by atoms with Crippen LogP contribution in [-0.4, -0.2) is 69.2 Å². The number of amides is 1. The largest absolute Gasteiger partial charge is 0.350 e. The first-order valence-corrected chi connectivity index (χ1v) is 12.1. The van der Waals surface area contributed by atoms with Crippen molar-refractivity contribution in [3.63, 3.8) is 0 Å². The number of piperidine rings is 1. The highest BCUT2D eigenvalue weighted by Gasteiger charge is 2.31. The lowest BCUT2D eigenvalue weighted by molar-refractivity contribution is -0.136. The Hall–Kier alpha value is -1.48. The molecule has 0 atom stereocenters. The standard InChI is InChI=1S/C21H30N2O5S/c24-20(22-13-9-18(10-14-22)21-27-15-16-28-21)8-5-17-3-6-19(7-4-17)29(25,26)23-11-1-2-12-23/h3-4,6-7,18,21H,1-2,5,8-16H2. The lowest BCUT2D eigenvalue weighted by Crippen LogP contribution is -2.41. The van der Waals surface area contributed by atoms with Crippen LogP contribution in [0.5, 0.6) is 0 Å². The first-order valence-electron chi connectivity index (χ1n) is 10.6. The van der Waals surface area contributed by atoms with Gasteiger partial charge in [0.05, 0.1) is 18.1 Å². The van der Waals surface area contributed by atoms with Gasteiger partial charge in [-0.2, -0.15) is 4.31 Å². The molecule has 1 aromatic rings. The van der Waals surface area contributed by atoms with Crippen molar-refractivity contribution < 1.29 is 22.7 Å². The fourth-order valence-electron chi connectivity index (χ4n) is 4.38. The van der Waals surface area contributed by atoms with E-state index in [-0.39, 0.29) is 12.2 Å². The van der Waals surface area contributed by atoms with E-state index in [1.54, 1.807) is 16.4 Å². The van der Waals surface area contributed by atoms with Crippen molar-refractivity contribution in [1.82, 2.24) is 9.21 Å². The second kappa shape index (κ2) is 9.12. The number of ether oxygens (including phenoxy) is 2. The molecular weight excluding hydrogens is 392 g/mol. The predicted octanol–water partition coefficient (Wildman–Crippen LogP) is 2.02. The minimum atomic E-state index is -3.38. The van der Waals surface area contributed by atoms with Gasteiger partial charge in [0.25, 0.3) is 0 Å². The van der Waals surface area contributed by atoms with E-state index in [0.29, 0.717) is 50.0 Å². The SMILES string of the molecule is O=C(CCc1ccc(S(=O)(=O)N2CCCC2)cc1)N1CCC(C2OCCO2)CC1. The van der Waals surface area contributed by atoms with E-state index in [9.17, 15) is 13.2 Å². The number of nitrogens with zero attached hydrogens (tertiary/aromatic N) is 2. The fraction of sp³-hybridized carbons (Fsp3) is 0.667. The molecule has 0 saturated carbocycles. The van der Waals surface area contributed by atoms with Gasteiger partial charge in [0.15, 0.2) is 6.29 Å². The number of sulfonamides is 1. The zero-order valence-electron chi connectivity index (χ0n) is 16.8. The molecule has 3 saturated heterocycles. The number of hydrogen-bond donors (Lipinski definition) is 0. The summed E-state index contributed by atoms with van der Waals surface area (Å²) in [5, 5.41) is 0. The molecule has 160 valence electrons. The summed E-state index contributed by atoms with van der Waals surface area (Å²) in [6, 6.07) is 7.00. The predicted molar refractivity (Wildman–Crippen MR) is 108 cm³/mol. The van der Waals surface area contributed by atoms with Gasteiger partial charge in [-0.05, 0) is 49.8 Å². The van der Waals surface area contributed by atoms with Crippen LogP contribution in [0.4, 0.5) is 0 Å². The number of benzene rings is 1. The van der Waals surface area contributed by atoms with Crippen LogP contribution in [-0.2, 0) is 30.7 Å². The van der Waals surface area contributed by atoms with Crippen molar-refractivity contribution in [3.8, 4) is 0 Å². The summed E-state index contributed by atoms with van der Waals surface area (Å²) in [5.74, 6) is 0.539. The molecule has 3 aliphatic heterocycles. The molecule has 4 rings (SSSR count). The average Bonchev–Trinajstić information content (AvgIpc) is 3.47. The van der Waals surface area contributed by atoms with Crippen molar-refractivity contribution in [2.75, 3.05) is 39.4 Å². The number of hydrogen-bond acceptors (Lipinski definition) is 5. The van der Waals surface area contributed by atoms with Crippen molar-refractivity contribution in [2.24, 2.45) is 5.92 Å². The average molecular weight is 423 g/mol. The maximum absolute atomic E-state index is 12.6. The van der Waals surface area contributed by atoms with Gasteiger partial charge in [0, 0.05) is 38.5 Å². The van der Waals surface area contributed by atoms with Crippen LogP contribution in [0.2, 0.25) is 0 Å². The monoisotopic (exact) mass is 422 g/mol. The molecule has 29 heavy (non-hydrogen) atoms. The molecule has 0 radical (unpaired) electrons. The Morgan fingerprint density at radius 3 is 2.21 bits per heavy atom. The molecular formula is C21H30N2O5S. The topological polar surface area (TPSA) is 76.2 Å². The van der Waals surface area contributed by atoms with E-state index in [2.05, 4.69) is 0 Å². The summed E-state index contributed by atoms with van der Waals surface area (Å²) >= 11 is 0. The molecule has 1 aromatic carbocycles. The van der Waals surface area contributed by atoms with Gasteiger partial charge in [-0.1, -0.05) is 12.1 Å². The molecule has 7 nitrogen and oxygen atoms in total. The van der Waals surface area contributed by atoms with Crippen molar-refractivity contribution in [1.29, 1.82) is 0 Å². The first kappa shape index (κ1) is 20.8. The fourth-order valence-corrected chi connectivity index (χ4v) is 5.90. The summed E-state index contributed by atoms with van der Waals surface area (Å²) in [5.41, 5.74) is 0.987. The molecule has 0 N–H and O–H groups in total. The van der Waals surface area contributed by atoms with E-state index >= 15 is 0 Å². The highest BCUT2D eigenvalue weighted by Crippen LogP contribution is 2.26. The third kappa shape index (κ3) is 4.82. The Bertz CT molecular complexity index is 791. The summed E-state index contributed by atoms with van der Waals surface area (Å²) in [7, 11) is -3.38. The molecule has 0 spiro atoms. The van der Waals surface area contributed by atoms with E-state index in [0.717, 1.165) is 44.3 Å². The number of rotatable bonds is 6. The Morgan fingerprint density at radius 2 is 1.59 bits per heavy atom. The van der Waals surface area contributed by atoms with Crippen LogP contribution < -0.4 is 0 Å². The van der Waals surface area contributed by atoms with Crippen LogP contribution in [0.3, 0.4) is 0 Å². The third-order valence-electron chi connectivity index (χ3n) is 6.18. The van der Waals surface area contributed by atoms with Crippen molar-refractivity contribution in [3.05, 3.63) is 29.8 Å². The summed E-state index contributed by atoms with van der Waals surface area (Å²) in [6.45, 7) is 4.05. The van der Waals surface area contributed by atoms with Gasteiger partial charge in [-0.3, -0.25) is 4.79 Å². The van der Waals surface area contributed by atoms with Crippen molar-refractivity contribution in [2.45, 2.75) is 49.7 Å². The molecule has 3 fully saturated rings. The van der Waals surface area contributed by atoms with Gasteiger partial charge < -0.3 is 14.4 Å². The van der Waals surface area contributed by atoms with Gasteiger partial charge >= 0.3 is 0 Å². The molecule has 3 aliphatic rings. The molecule has 3 heterocycles. The summed E-state index contributed by atoms with van der Waals surface area (Å²) < 4.78 is 37.9. The van der Waals surface area contributed by atoms with E-state index in [1.807, 2.05) is 17.0 Å². The second-order valence-corrected chi connectivity index (χ2v) is 10.0. The van der Waals surface area contributed by atoms with Gasteiger partial charge in [0.2, 0.25) is 15.9 Å². The Morgan fingerprint density at radius 1 is 0.966 bits per heavy atom. The number of likely N-dealkylation sites (tertiary alicyclic amines) is 1. The maximum Gasteiger partial charge on any atom is 0.243 e. The molecule has 0 unspecified atom stereocenters. The van der Waals surface area contributed by atoms with Crippen LogP contribution in [0.15, 0.2) is 29.2 Å². The van der Waals surface area contributed by atoms with Crippen LogP contribution in [0, 0.1) is 5.92 Å². The maximum atomic E-state index is 12.6. The molecule has 0 aromatic heterocycles. The Balaban J connectivity index is 1.25. The number of aryl methyl sites for hydroxylation is 1. The molecule has 1 amide bonds. The molecule has 0 aliphatic carbocycles. The van der Waals surface area contributed by atoms with E-state index in [1.165, 1.54) is 0 Å². The Kier molecular flexibility index (Phi) is 6.53. The van der Waals surface area contributed by atoms with Gasteiger partial charge in [-0.15, -0.1) is 0 Å². The minimum Gasteiger partial charge on any atom is -0.350 e. The lowest BCUT2D eigenvalue weighted by atomic mass is 9.95. The number of carbonyl (C=O) groups excluding carboxylic acids is 1. The van der Waals surface area contributed by atoms with Gasteiger partial charge in [0.1, 0.15) is 0 Å². The highest BCUT2D eigenvalue weighted by molar-refractivity contribution is 7.89. The summed E-state index contributed by atoms with van der Waals surface area (Å²) in [6.07, 6.45) is 4.66. The highest BCUT2D eigenvalue weighted by atomic mass is 32.2. The van der Waals surface area contributed by atoms with Crippen LogP contribution in [0.1, 0.15) is 37.7 Å². The van der Waals surface area contributed by atoms with E-state index < -0.39 is 10.0 Å². The van der Waals surface area contributed by atoms with Crippen molar-refractivity contribution >= 4 is 15.9 Å². The first-order chi connectivity index (χ1) is 14.0. The summed E-state index contributed by atoms with van der Waals surface area (Å²) in [4.78, 5) is 14.8.